The molecule has 6 aromatic carbocycles. The van der Waals surface area contributed by atoms with Crippen LogP contribution in [-0.4, -0.2) is 63.3 Å². The van der Waals surface area contributed by atoms with Crippen molar-refractivity contribution in [2.75, 3.05) is 19.8 Å². The second-order valence-electron chi connectivity index (χ2n) is 19.6. The number of nitro groups is 1. The van der Waals surface area contributed by atoms with Crippen LogP contribution in [0, 0.1) is 53.0 Å². The molecule has 2 N–H and O–H groups in total. The van der Waals surface area contributed by atoms with Gasteiger partial charge in [0.25, 0.3) is 11.6 Å². The van der Waals surface area contributed by atoms with Gasteiger partial charge >= 0.3 is 0 Å². The molecule has 6 aromatic rings. The number of benzene rings is 6. The molecule has 0 saturated heterocycles. The molecule has 0 radical (unpaired) electrons. The maximum atomic E-state index is 15.8. The Morgan fingerprint density at radius 1 is 0.905 bits per heavy atom. The summed E-state index contributed by atoms with van der Waals surface area (Å²) >= 11 is 0. The van der Waals surface area contributed by atoms with Gasteiger partial charge in [-0.15, -0.1) is 6.58 Å². The van der Waals surface area contributed by atoms with Crippen LogP contribution in [0.25, 0.3) is 10.8 Å². The molecule has 1 fully saturated rings. The van der Waals surface area contributed by atoms with Gasteiger partial charge in [0.05, 0.1) is 34.8 Å². The highest BCUT2D eigenvalue weighted by molar-refractivity contribution is 6.03. The summed E-state index contributed by atoms with van der Waals surface area (Å²) in [6, 6.07) is 40.2. The van der Waals surface area contributed by atoms with Crippen molar-refractivity contribution in [2.24, 2.45) is 22.9 Å². The van der Waals surface area contributed by atoms with Gasteiger partial charge in [-0.1, -0.05) is 78.7 Å². The van der Waals surface area contributed by atoms with E-state index in [1.807, 2.05) is 71.6 Å². The molecule has 3 aliphatic rings. The van der Waals surface area contributed by atoms with Gasteiger partial charge in [0.2, 0.25) is 5.79 Å². The number of non-ortho nitro benzene ring substituents is 1. The average molecular weight is 995 g/mol. The van der Waals surface area contributed by atoms with Crippen molar-refractivity contribution in [2.45, 2.75) is 89.7 Å². The number of rotatable bonds is 21. The molecule has 6 atom stereocenters. The lowest BCUT2D eigenvalue weighted by Gasteiger charge is -2.60. The van der Waals surface area contributed by atoms with Gasteiger partial charge in [-0.3, -0.25) is 14.9 Å². The molecule has 1 amide bonds. The molecule has 0 spiro atoms. The van der Waals surface area contributed by atoms with Crippen LogP contribution < -0.4 is 9.47 Å². The van der Waals surface area contributed by atoms with Gasteiger partial charge in [-0.05, 0) is 157 Å². The quantitative estimate of drug-likeness (QED) is 0.0305. The number of fused-ring (bicyclic) bond motifs is 3. The van der Waals surface area contributed by atoms with Gasteiger partial charge in [0, 0.05) is 55.4 Å². The molecule has 2 aliphatic carbocycles. The number of nitrogens with zero attached hydrogens (tertiary/aromatic N) is 4. The van der Waals surface area contributed by atoms with Gasteiger partial charge in [-0.2, -0.15) is 5.26 Å². The lowest BCUT2D eigenvalue weighted by atomic mass is 9.55. The molecule has 6 unspecified atom stereocenters. The molecule has 13 nitrogen and oxygen atoms in total. The molecule has 1 aliphatic heterocycles. The Kier molecular flexibility index (Phi) is 16.0. The maximum Gasteiger partial charge on any atom is 0.269 e. The van der Waals surface area contributed by atoms with E-state index in [1.54, 1.807) is 42.5 Å². The first-order chi connectivity index (χ1) is 36.0. The van der Waals surface area contributed by atoms with E-state index in [0.29, 0.717) is 52.5 Å². The van der Waals surface area contributed by atoms with E-state index < -0.39 is 22.7 Å². The molecule has 0 bridgehead atoms. The van der Waals surface area contributed by atoms with E-state index >= 15 is 4.79 Å². The number of carbonyl (C=O) groups is 1. The van der Waals surface area contributed by atoms with Crippen molar-refractivity contribution < 1.29 is 39.0 Å². The third-order valence-electron chi connectivity index (χ3n) is 15.0. The van der Waals surface area contributed by atoms with E-state index in [1.165, 1.54) is 12.1 Å². The predicted octanol–water partition coefficient (Wildman–Crippen LogP) is 12.2. The van der Waals surface area contributed by atoms with Crippen molar-refractivity contribution in [1.29, 1.82) is 5.26 Å². The Labute approximate surface area is 432 Å². The fourth-order valence-electron chi connectivity index (χ4n) is 11.3. The predicted molar refractivity (Wildman–Crippen MR) is 284 cm³/mol. The number of unbranched alkanes of at least 4 members (excludes halogenated alkanes) is 2. The highest BCUT2D eigenvalue weighted by Crippen LogP contribution is 2.62. The van der Waals surface area contributed by atoms with Gasteiger partial charge in [-0.25, -0.2) is 0 Å². The Hall–Kier alpha value is -7.63. The Morgan fingerprint density at radius 2 is 1.64 bits per heavy atom. The van der Waals surface area contributed by atoms with Crippen molar-refractivity contribution in [3.63, 3.8) is 0 Å². The number of nitriles is 1. The molecular formula is C61H62N4O9. The first-order valence-electron chi connectivity index (χ1n) is 25.5. The number of aryl methyl sites for hydroxylation is 2. The van der Waals surface area contributed by atoms with Crippen molar-refractivity contribution in [3.8, 4) is 23.3 Å². The second kappa shape index (κ2) is 23.1. The third-order valence-corrected chi connectivity index (χ3v) is 15.0. The number of ether oxygens (including phenoxy) is 3. The number of aliphatic hydroxyl groups excluding tert-OH is 2. The first kappa shape index (κ1) is 51.3. The molecule has 74 heavy (non-hydrogen) atoms. The fraction of sp³-hybridized carbons (Fsp3) is 0.328. The molecule has 13 heteroatoms. The minimum absolute atomic E-state index is 0.0117. The number of aliphatic hydroxyl groups is 2. The van der Waals surface area contributed by atoms with Crippen molar-refractivity contribution in [3.05, 3.63) is 201 Å². The summed E-state index contributed by atoms with van der Waals surface area (Å²) in [6.07, 6.45) is 8.35. The highest BCUT2D eigenvalue weighted by atomic mass is 16.7. The van der Waals surface area contributed by atoms with Crippen LogP contribution in [-0.2, 0) is 22.7 Å². The third kappa shape index (κ3) is 10.7. The smallest absolute Gasteiger partial charge is 0.269 e. The Morgan fingerprint density at radius 3 is 2.36 bits per heavy atom. The van der Waals surface area contributed by atoms with E-state index in [4.69, 9.17) is 24.2 Å². The average Bonchev–Trinajstić information content (AvgIpc) is 3.43. The fourth-order valence-corrected chi connectivity index (χ4v) is 11.3. The monoisotopic (exact) mass is 994 g/mol. The first-order valence-corrected chi connectivity index (χ1v) is 25.5. The Balaban J connectivity index is 1.28. The van der Waals surface area contributed by atoms with E-state index in [0.717, 1.165) is 64.3 Å². The van der Waals surface area contributed by atoms with Gasteiger partial charge in [0.1, 0.15) is 29.9 Å². The normalized spacial score (nSPS) is 21.1. The van der Waals surface area contributed by atoms with Crippen molar-refractivity contribution in [1.82, 2.24) is 4.90 Å². The Bertz CT molecular complexity index is 3100. The van der Waals surface area contributed by atoms with E-state index in [-0.39, 0.29) is 68.7 Å². The van der Waals surface area contributed by atoms with Crippen LogP contribution in [0.3, 0.4) is 0 Å². The van der Waals surface area contributed by atoms with Crippen LogP contribution >= 0.6 is 0 Å². The maximum absolute atomic E-state index is 15.8. The number of amides is 1. The largest absolute Gasteiger partial charge is 0.459 e. The number of hydrogen-bond acceptors (Lipinski definition) is 11. The van der Waals surface area contributed by atoms with Crippen LogP contribution in [0.15, 0.2) is 157 Å². The molecule has 1 heterocycles. The SMILES string of the molecule is C=CCOC12Oc3ccc(Oc4ccc(C)c(C)c4)cc3C3C(CCCCO)C(CCCCO)C=C(C(=NOCc4ccc([N+](=O)[O-])cc4)CC1N(Cc1cccc4ccccc14)C(=O)c1ccc(C#N)cc1)C32. The number of carbonyl (C=O) groups excluding carboxylic acids is 1. The zero-order chi connectivity index (χ0) is 51.8. The van der Waals surface area contributed by atoms with E-state index in [2.05, 4.69) is 44.7 Å². The lowest BCUT2D eigenvalue weighted by molar-refractivity contribution is -0.384. The summed E-state index contributed by atoms with van der Waals surface area (Å²) in [6.45, 7) is 8.55. The summed E-state index contributed by atoms with van der Waals surface area (Å²) in [4.78, 5) is 35.0. The van der Waals surface area contributed by atoms with Crippen molar-refractivity contribution >= 4 is 28.1 Å². The zero-order valence-corrected chi connectivity index (χ0v) is 41.9. The lowest BCUT2D eigenvalue weighted by Crippen LogP contribution is -2.70. The van der Waals surface area contributed by atoms with Gasteiger partial charge < -0.3 is 34.2 Å². The summed E-state index contributed by atoms with van der Waals surface area (Å²) in [5.41, 5.74) is 6.93. The summed E-state index contributed by atoms with van der Waals surface area (Å²) < 4.78 is 21.5. The summed E-state index contributed by atoms with van der Waals surface area (Å²) in [7, 11) is 0. The minimum Gasteiger partial charge on any atom is -0.459 e. The van der Waals surface area contributed by atoms with Crippen LogP contribution in [0.2, 0.25) is 0 Å². The van der Waals surface area contributed by atoms with Crippen LogP contribution in [0.5, 0.6) is 17.2 Å². The second-order valence-corrected chi connectivity index (χ2v) is 19.6. The molecule has 0 aromatic heterocycles. The highest BCUT2D eigenvalue weighted by Gasteiger charge is 2.65. The molecular weight excluding hydrogens is 933 g/mol. The topological polar surface area (TPSA) is 177 Å². The minimum atomic E-state index is -1.57. The van der Waals surface area contributed by atoms with E-state index in [9.17, 15) is 25.6 Å². The summed E-state index contributed by atoms with van der Waals surface area (Å²) in [5.74, 6) is -0.964. The van der Waals surface area contributed by atoms with Crippen LogP contribution in [0.4, 0.5) is 5.69 Å². The van der Waals surface area contributed by atoms with Gasteiger partial charge in [0.15, 0.2) is 0 Å². The molecule has 380 valence electrons. The number of allylic oxidation sites excluding steroid dienone is 1. The number of nitro benzene ring substituents is 1. The summed E-state index contributed by atoms with van der Waals surface area (Å²) in [5, 5.41) is 48.5. The molecule has 9 rings (SSSR count). The molecule has 1 saturated carbocycles. The number of oxime groups is 1. The number of hydrogen-bond donors (Lipinski definition) is 2. The standard InChI is InChI=1S/C61H62N4O9/c1-4-32-71-61-57(64(60(68)45-23-19-42(37-62)20-24-45)38-47-15-11-14-44-12-5-6-16-51(44)47)36-55(63-72-39-43-21-25-48(26-22-43)65(69)70)53-34-46(13-7-9-30-66)52(17-8-10-31-67)58(59(53)61)54-35-50(28-29-56(54)74-61)73-49-27-18-40(2)41(3)33-49/h4-6,11-12,14-16,18-29,33-35,46,52,57-59,66-67H,1,7-10,13,17,30-32,36,38-39H2,2-3H3. The zero-order valence-electron chi connectivity index (χ0n) is 41.9. The van der Waals surface area contributed by atoms with Crippen LogP contribution in [0.1, 0.15) is 94.6 Å².